The molecule has 1 aromatic heterocycles. The number of rotatable bonds is 5. The first-order valence-electron chi connectivity index (χ1n) is 7.59. The second-order valence-corrected chi connectivity index (χ2v) is 6.71. The minimum atomic E-state index is 0.0861. The van der Waals surface area contributed by atoms with E-state index in [4.69, 9.17) is 0 Å². The standard InChI is InChI=1S/C17H21N3OS/c1-12-16-14(8-9-22-2)10-15(21)18-17(16)19-20(12)11-13-6-4-3-5-7-13/h3-7,14H,8-11H2,1-2H3,(H,18,19,21)/t14-/m0/s1. The fourth-order valence-electron chi connectivity index (χ4n) is 3.07. The largest absolute Gasteiger partial charge is 0.309 e. The van der Waals surface area contributed by atoms with Crippen LogP contribution in [0, 0.1) is 6.92 Å². The molecule has 0 aliphatic carbocycles. The highest BCUT2D eigenvalue weighted by atomic mass is 32.2. The number of amides is 1. The van der Waals surface area contributed by atoms with Gasteiger partial charge >= 0.3 is 0 Å². The molecule has 0 spiro atoms. The maximum absolute atomic E-state index is 11.9. The van der Waals surface area contributed by atoms with Gasteiger partial charge in [-0.3, -0.25) is 9.48 Å². The van der Waals surface area contributed by atoms with Crippen LogP contribution >= 0.6 is 11.8 Å². The molecule has 5 heteroatoms. The van der Waals surface area contributed by atoms with Crippen LogP contribution in [0.5, 0.6) is 0 Å². The number of benzene rings is 1. The lowest BCUT2D eigenvalue weighted by Crippen LogP contribution is -2.23. The summed E-state index contributed by atoms with van der Waals surface area (Å²) in [6.45, 7) is 2.85. The minimum absolute atomic E-state index is 0.0861. The fourth-order valence-corrected chi connectivity index (χ4v) is 3.59. The molecule has 22 heavy (non-hydrogen) atoms. The van der Waals surface area contributed by atoms with Crippen molar-refractivity contribution in [1.82, 2.24) is 9.78 Å². The predicted molar refractivity (Wildman–Crippen MR) is 91.5 cm³/mol. The van der Waals surface area contributed by atoms with E-state index in [1.54, 1.807) is 0 Å². The monoisotopic (exact) mass is 315 g/mol. The molecule has 116 valence electrons. The molecule has 0 saturated carbocycles. The summed E-state index contributed by atoms with van der Waals surface area (Å²) in [4.78, 5) is 11.9. The number of carbonyl (C=O) groups is 1. The van der Waals surface area contributed by atoms with Crippen LogP contribution in [0.15, 0.2) is 30.3 Å². The molecule has 1 atom stereocenters. The zero-order valence-corrected chi connectivity index (χ0v) is 13.8. The van der Waals surface area contributed by atoms with E-state index in [9.17, 15) is 4.79 Å². The van der Waals surface area contributed by atoms with Gasteiger partial charge in [-0.1, -0.05) is 30.3 Å². The molecule has 0 unspecified atom stereocenters. The predicted octanol–water partition coefficient (Wildman–Crippen LogP) is 3.42. The molecule has 0 saturated heterocycles. The molecule has 0 bridgehead atoms. The van der Waals surface area contributed by atoms with Crippen molar-refractivity contribution < 1.29 is 4.79 Å². The Morgan fingerprint density at radius 3 is 2.86 bits per heavy atom. The molecule has 0 fully saturated rings. The summed E-state index contributed by atoms with van der Waals surface area (Å²) >= 11 is 1.83. The molecule has 2 aromatic rings. The van der Waals surface area contributed by atoms with Gasteiger partial charge < -0.3 is 5.32 Å². The summed E-state index contributed by atoms with van der Waals surface area (Å²) in [5.74, 6) is 2.21. The second kappa shape index (κ2) is 6.57. The van der Waals surface area contributed by atoms with Gasteiger partial charge in [0.2, 0.25) is 5.91 Å². The van der Waals surface area contributed by atoms with E-state index in [1.165, 1.54) is 16.8 Å². The van der Waals surface area contributed by atoms with Gasteiger partial charge in [-0.25, -0.2) is 0 Å². The minimum Gasteiger partial charge on any atom is -0.309 e. The van der Waals surface area contributed by atoms with Gasteiger partial charge in [-0.05, 0) is 36.8 Å². The molecule has 1 amide bonds. The summed E-state index contributed by atoms with van der Waals surface area (Å²) in [6, 6.07) is 10.3. The Balaban J connectivity index is 1.90. The molecular weight excluding hydrogens is 294 g/mol. The molecule has 2 heterocycles. The zero-order valence-electron chi connectivity index (χ0n) is 13.0. The Labute approximate surface area is 135 Å². The third kappa shape index (κ3) is 3.04. The SMILES string of the molecule is CSCC[C@H]1CC(=O)Nc2nn(Cc3ccccc3)c(C)c21. The lowest BCUT2D eigenvalue weighted by molar-refractivity contribution is -0.116. The van der Waals surface area contributed by atoms with Crippen LogP contribution in [0.1, 0.15) is 35.6 Å². The van der Waals surface area contributed by atoms with E-state index in [1.807, 2.05) is 34.6 Å². The molecule has 4 nitrogen and oxygen atoms in total. The molecule has 1 aromatic carbocycles. The lowest BCUT2D eigenvalue weighted by atomic mass is 9.90. The number of hydrogen-bond donors (Lipinski definition) is 1. The van der Waals surface area contributed by atoms with Crippen molar-refractivity contribution in [3.8, 4) is 0 Å². The summed E-state index contributed by atoms with van der Waals surface area (Å²) in [5, 5.41) is 7.57. The molecule has 1 N–H and O–H groups in total. The number of nitrogens with zero attached hydrogens (tertiary/aromatic N) is 2. The van der Waals surface area contributed by atoms with Crippen molar-refractivity contribution in [1.29, 1.82) is 0 Å². The average molecular weight is 315 g/mol. The van der Waals surface area contributed by atoms with Gasteiger partial charge in [-0.15, -0.1) is 0 Å². The van der Waals surface area contributed by atoms with Crippen molar-refractivity contribution in [2.24, 2.45) is 0 Å². The van der Waals surface area contributed by atoms with E-state index in [0.717, 1.165) is 24.5 Å². The third-order valence-corrected chi connectivity index (χ3v) is 4.84. The Hall–Kier alpha value is -1.75. The second-order valence-electron chi connectivity index (χ2n) is 5.72. The number of thioether (sulfide) groups is 1. The van der Waals surface area contributed by atoms with Crippen LogP contribution in [-0.2, 0) is 11.3 Å². The van der Waals surface area contributed by atoms with Gasteiger partial charge in [0, 0.05) is 17.7 Å². The quantitative estimate of drug-likeness (QED) is 0.919. The molecule has 1 aliphatic rings. The normalized spacial score (nSPS) is 17.2. The van der Waals surface area contributed by atoms with Crippen molar-refractivity contribution in [2.45, 2.75) is 32.2 Å². The number of hydrogen-bond acceptors (Lipinski definition) is 3. The van der Waals surface area contributed by atoms with Crippen LogP contribution in [0.4, 0.5) is 5.82 Å². The first-order valence-corrected chi connectivity index (χ1v) is 8.98. The highest BCUT2D eigenvalue weighted by molar-refractivity contribution is 7.98. The number of anilines is 1. The highest BCUT2D eigenvalue weighted by Crippen LogP contribution is 2.37. The van der Waals surface area contributed by atoms with E-state index in [-0.39, 0.29) is 5.91 Å². The van der Waals surface area contributed by atoms with E-state index in [2.05, 4.69) is 35.7 Å². The Morgan fingerprint density at radius 1 is 1.36 bits per heavy atom. The lowest BCUT2D eigenvalue weighted by Gasteiger charge is -2.22. The third-order valence-electron chi connectivity index (χ3n) is 4.20. The number of aromatic nitrogens is 2. The van der Waals surface area contributed by atoms with Crippen LogP contribution in [0.25, 0.3) is 0 Å². The zero-order chi connectivity index (χ0) is 15.5. The van der Waals surface area contributed by atoms with Crippen molar-refractivity contribution >= 4 is 23.5 Å². The van der Waals surface area contributed by atoms with Crippen LogP contribution < -0.4 is 5.32 Å². The molecule has 3 rings (SSSR count). The Kier molecular flexibility index (Phi) is 4.52. The molecule has 0 radical (unpaired) electrons. The summed E-state index contributed by atoms with van der Waals surface area (Å²) in [7, 11) is 0. The number of carbonyl (C=O) groups excluding carboxylic acids is 1. The fraction of sp³-hybridized carbons (Fsp3) is 0.412. The Bertz CT molecular complexity index is 666. The van der Waals surface area contributed by atoms with Crippen LogP contribution in [-0.4, -0.2) is 27.7 Å². The highest BCUT2D eigenvalue weighted by Gasteiger charge is 2.30. The number of fused-ring (bicyclic) bond motifs is 1. The van der Waals surface area contributed by atoms with Gasteiger partial charge in [0.25, 0.3) is 0 Å². The maximum atomic E-state index is 11.9. The van der Waals surface area contributed by atoms with Gasteiger partial charge in [0.1, 0.15) is 0 Å². The van der Waals surface area contributed by atoms with Gasteiger partial charge in [0.05, 0.1) is 6.54 Å². The van der Waals surface area contributed by atoms with Crippen molar-refractivity contribution in [3.05, 3.63) is 47.2 Å². The summed E-state index contributed by atoms with van der Waals surface area (Å²) < 4.78 is 2.01. The van der Waals surface area contributed by atoms with E-state index < -0.39 is 0 Å². The topological polar surface area (TPSA) is 46.9 Å². The number of nitrogens with one attached hydrogen (secondary N) is 1. The smallest absolute Gasteiger partial charge is 0.226 e. The maximum Gasteiger partial charge on any atom is 0.226 e. The first kappa shape index (κ1) is 15.2. The Morgan fingerprint density at radius 2 is 2.14 bits per heavy atom. The molecule has 1 aliphatic heterocycles. The van der Waals surface area contributed by atoms with Crippen molar-refractivity contribution in [2.75, 3.05) is 17.3 Å². The van der Waals surface area contributed by atoms with E-state index in [0.29, 0.717) is 12.3 Å². The average Bonchev–Trinajstić information content (AvgIpc) is 2.82. The summed E-state index contributed by atoms with van der Waals surface area (Å²) in [6.07, 6.45) is 3.71. The van der Waals surface area contributed by atoms with E-state index >= 15 is 0 Å². The first-order chi connectivity index (χ1) is 10.7. The van der Waals surface area contributed by atoms with Crippen molar-refractivity contribution in [3.63, 3.8) is 0 Å². The molecular formula is C17H21N3OS. The van der Waals surface area contributed by atoms with Crippen LogP contribution in [0.2, 0.25) is 0 Å². The van der Waals surface area contributed by atoms with Crippen LogP contribution in [0.3, 0.4) is 0 Å². The van der Waals surface area contributed by atoms with Gasteiger partial charge in [0.15, 0.2) is 5.82 Å². The summed E-state index contributed by atoms with van der Waals surface area (Å²) in [5.41, 5.74) is 3.62. The van der Waals surface area contributed by atoms with Gasteiger partial charge in [-0.2, -0.15) is 16.9 Å².